The molecule has 0 aromatic heterocycles. The van der Waals surface area contributed by atoms with E-state index in [-0.39, 0.29) is 48.0 Å². The number of methoxy groups -OCH3 is 1. The van der Waals surface area contributed by atoms with Gasteiger partial charge in [0, 0.05) is 63.9 Å². The Morgan fingerprint density at radius 2 is 1.93 bits per heavy atom. The highest BCUT2D eigenvalue weighted by molar-refractivity contribution is 5.95. The Bertz CT molecular complexity index is 1190. The van der Waals surface area contributed by atoms with Gasteiger partial charge in [-0.05, 0) is 79.5 Å². The number of rotatable bonds is 12. The minimum absolute atomic E-state index is 0.00460. The number of hydrogen-bond donors (Lipinski definition) is 2. The number of carbonyl (C=O) groups is 2. The Balaban J connectivity index is 1.34. The number of hydrogen-bond acceptors (Lipinski definition) is 7. The Labute approximate surface area is 264 Å². The van der Waals surface area contributed by atoms with Gasteiger partial charge in [-0.25, -0.2) is 0 Å². The van der Waals surface area contributed by atoms with Gasteiger partial charge in [0.1, 0.15) is 12.1 Å². The molecule has 9 nitrogen and oxygen atoms in total. The van der Waals surface area contributed by atoms with Crippen molar-refractivity contribution in [2.24, 2.45) is 35.0 Å². The Morgan fingerprint density at radius 1 is 1.18 bits per heavy atom. The highest BCUT2D eigenvalue weighted by atomic mass is 16.7. The molecule has 2 aliphatic heterocycles. The molecule has 1 aromatic carbocycles. The summed E-state index contributed by atoms with van der Waals surface area (Å²) in [5, 5.41) is 8.23. The van der Waals surface area contributed by atoms with Gasteiger partial charge in [0.15, 0.2) is 0 Å². The van der Waals surface area contributed by atoms with Crippen LogP contribution >= 0.6 is 0 Å². The molecule has 5 fully saturated rings. The van der Waals surface area contributed by atoms with Crippen molar-refractivity contribution in [1.82, 2.24) is 15.7 Å². The van der Waals surface area contributed by atoms with Crippen LogP contribution in [-0.4, -0.2) is 88.7 Å². The van der Waals surface area contributed by atoms with Crippen LogP contribution in [0, 0.1) is 35.0 Å². The third kappa shape index (κ3) is 6.26. The van der Waals surface area contributed by atoms with Crippen LogP contribution < -0.4 is 15.5 Å². The second-order valence-corrected chi connectivity index (χ2v) is 14.8. The lowest BCUT2D eigenvalue weighted by molar-refractivity contribution is -0.190. The predicted molar refractivity (Wildman–Crippen MR) is 172 cm³/mol. The van der Waals surface area contributed by atoms with Gasteiger partial charge in [-0.15, -0.1) is 0 Å². The number of fused-ring (bicyclic) bond motifs is 3. The van der Waals surface area contributed by atoms with E-state index in [1.807, 2.05) is 36.2 Å². The zero-order valence-corrected chi connectivity index (χ0v) is 28.4. The first-order valence-corrected chi connectivity index (χ1v) is 16.8. The number of ether oxygens (including phenoxy) is 2. The van der Waals surface area contributed by atoms with Crippen molar-refractivity contribution in [3.05, 3.63) is 29.3 Å². The quantitative estimate of drug-likeness (QED) is 0.364. The lowest BCUT2D eigenvalue weighted by atomic mass is 9.45. The largest absolute Gasteiger partial charge is 0.381 e. The number of nitrogens with one attached hydrogen (secondary N) is 2. The third-order valence-corrected chi connectivity index (χ3v) is 11.7. The SMILES string of the molecule is CCCC(CN1O[C@H]2CO[C@H](C)[C@H]2[C@H]1C(=O)N[C@H]1C[C@H]2C[C@H]([C@@H]1C)C2(C)C)C(Cc1cc(C(=O)NC)cc(N(C)C)c1)OC. The minimum Gasteiger partial charge on any atom is -0.381 e. The smallest absolute Gasteiger partial charge is 0.251 e. The second kappa shape index (κ2) is 13.3. The fourth-order valence-electron chi connectivity index (χ4n) is 8.83. The molecule has 0 spiro atoms. The number of carbonyl (C=O) groups excluding carboxylic acids is 2. The maximum atomic E-state index is 14.2. The molecule has 1 aromatic rings. The minimum atomic E-state index is -0.398. The van der Waals surface area contributed by atoms with E-state index in [9.17, 15) is 9.59 Å². The first-order valence-electron chi connectivity index (χ1n) is 16.8. The number of amides is 2. The van der Waals surface area contributed by atoms with Crippen molar-refractivity contribution in [3.8, 4) is 0 Å². The van der Waals surface area contributed by atoms with Gasteiger partial charge in [0.05, 0.1) is 18.8 Å². The molecule has 2 saturated heterocycles. The first kappa shape index (κ1) is 33.2. The normalized spacial score (nSPS) is 33.7. The Morgan fingerprint density at radius 3 is 2.55 bits per heavy atom. The Hall–Kier alpha value is -2.20. The zero-order chi connectivity index (χ0) is 31.9. The molecular weight excluding hydrogens is 556 g/mol. The number of benzene rings is 1. The molecule has 3 saturated carbocycles. The van der Waals surface area contributed by atoms with Gasteiger partial charge in [-0.1, -0.05) is 34.1 Å². The van der Waals surface area contributed by atoms with E-state index in [1.165, 1.54) is 6.42 Å². The van der Waals surface area contributed by atoms with Crippen LogP contribution in [-0.2, 0) is 25.5 Å². The number of hydroxylamine groups is 2. The summed E-state index contributed by atoms with van der Waals surface area (Å²) in [6.45, 7) is 12.5. The summed E-state index contributed by atoms with van der Waals surface area (Å²) < 4.78 is 12.2. The third-order valence-electron chi connectivity index (χ3n) is 11.7. The second-order valence-electron chi connectivity index (χ2n) is 14.8. The van der Waals surface area contributed by atoms with Crippen LogP contribution in [0.3, 0.4) is 0 Å². The van der Waals surface area contributed by atoms with Crippen LogP contribution in [0.1, 0.15) is 76.2 Å². The first-order chi connectivity index (χ1) is 20.9. The van der Waals surface area contributed by atoms with Gasteiger partial charge < -0.3 is 25.0 Å². The van der Waals surface area contributed by atoms with Crippen molar-refractivity contribution < 1.29 is 23.9 Å². The van der Waals surface area contributed by atoms with Crippen molar-refractivity contribution in [2.75, 3.05) is 46.3 Å². The lowest BCUT2D eigenvalue weighted by Crippen LogP contribution is -2.62. The maximum absolute atomic E-state index is 14.2. The molecule has 2 heterocycles. The van der Waals surface area contributed by atoms with Crippen LogP contribution in [0.5, 0.6) is 0 Å². The van der Waals surface area contributed by atoms with Gasteiger partial charge in [-0.3, -0.25) is 14.4 Å². The molecule has 2 N–H and O–H groups in total. The van der Waals surface area contributed by atoms with E-state index in [2.05, 4.69) is 51.3 Å². The summed E-state index contributed by atoms with van der Waals surface area (Å²) in [5.41, 5.74) is 3.03. The van der Waals surface area contributed by atoms with E-state index in [1.54, 1.807) is 14.2 Å². The van der Waals surface area contributed by atoms with Gasteiger partial charge in [-0.2, -0.15) is 5.06 Å². The molecule has 6 rings (SSSR count). The van der Waals surface area contributed by atoms with E-state index < -0.39 is 6.04 Å². The van der Waals surface area contributed by atoms with Crippen LogP contribution in [0.15, 0.2) is 18.2 Å². The van der Waals surface area contributed by atoms with Gasteiger partial charge >= 0.3 is 0 Å². The van der Waals surface area contributed by atoms with Crippen LogP contribution in [0.4, 0.5) is 5.69 Å². The molecule has 2 unspecified atom stereocenters. The van der Waals surface area contributed by atoms with Crippen molar-refractivity contribution in [3.63, 3.8) is 0 Å². The summed E-state index contributed by atoms with van der Waals surface area (Å²) in [6, 6.07) is 5.81. The summed E-state index contributed by atoms with van der Waals surface area (Å²) in [7, 11) is 7.38. The van der Waals surface area contributed by atoms with Crippen molar-refractivity contribution >= 4 is 17.5 Å². The Kier molecular flexibility index (Phi) is 10.0. The summed E-state index contributed by atoms with van der Waals surface area (Å²) in [6.07, 6.45) is 4.64. The number of anilines is 1. The monoisotopic (exact) mass is 612 g/mol. The molecule has 44 heavy (non-hydrogen) atoms. The molecule has 2 bridgehead atoms. The summed E-state index contributed by atoms with van der Waals surface area (Å²) in [5.74, 6) is 1.89. The van der Waals surface area contributed by atoms with Crippen LogP contribution in [0.25, 0.3) is 0 Å². The maximum Gasteiger partial charge on any atom is 0.251 e. The lowest BCUT2D eigenvalue weighted by Gasteiger charge is -2.62. The van der Waals surface area contributed by atoms with Gasteiger partial charge in [0.2, 0.25) is 5.91 Å². The molecular formula is C35H56N4O5. The van der Waals surface area contributed by atoms with E-state index in [4.69, 9.17) is 14.3 Å². The highest BCUT2D eigenvalue weighted by Gasteiger charge is 2.58. The summed E-state index contributed by atoms with van der Waals surface area (Å²) >= 11 is 0. The van der Waals surface area contributed by atoms with E-state index in [0.717, 1.165) is 30.5 Å². The molecule has 2 amide bonds. The van der Waals surface area contributed by atoms with Gasteiger partial charge in [0.25, 0.3) is 5.91 Å². The van der Waals surface area contributed by atoms with Crippen molar-refractivity contribution in [1.29, 1.82) is 0 Å². The zero-order valence-electron chi connectivity index (χ0n) is 28.4. The van der Waals surface area contributed by atoms with Crippen molar-refractivity contribution in [2.45, 2.75) is 97.1 Å². The average molecular weight is 613 g/mol. The molecule has 10 atom stereocenters. The van der Waals surface area contributed by atoms with E-state index >= 15 is 0 Å². The predicted octanol–water partition coefficient (Wildman–Crippen LogP) is 4.29. The molecule has 246 valence electrons. The molecule has 9 heteroatoms. The standard InChI is InChI=1S/C35H56N4O5/c1-10-11-23(29(42-9)14-22-12-24(33(40)36-6)15-26(13-22)38(7)8)18-39-32(31-21(3)43-19-30(31)44-39)34(41)37-28-17-25-16-27(20(28)2)35(25,4)5/h12-13,15,20-21,23,25,27-32H,10-11,14,16-19H2,1-9H3,(H,36,40)(H,37,41)/t20-,21+,23?,25+,27+,28-,29?,30-,31+,32-/m0/s1. The molecule has 3 aliphatic carbocycles. The average Bonchev–Trinajstić information content (AvgIpc) is 3.54. The highest BCUT2D eigenvalue weighted by Crippen LogP contribution is 2.61. The topological polar surface area (TPSA) is 92.4 Å². The summed E-state index contributed by atoms with van der Waals surface area (Å²) in [4.78, 5) is 35.3. The fraction of sp³-hybridized carbons (Fsp3) is 0.771. The van der Waals surface area contributed by atoms with E-state index in [0.29, 0.717) is 48.3 Å². The molecule has 5 aliphatic rings. The van der Waals surface area contributed by atoms with Crippen LogP contribution in [0.2, 0.25) is 0 Å². The number of nitrogens with zero attached hydrogens (tertiary/aromatic N) is 2. The fourth-order valence-corrected chi connectivity index (χ4v) is 8.83. The molecule has 0 radical (unpaired) electrons.